The quantitative estimate of drug-likeness (QED) is 0.199. The summed E-state index contributed by atoms with van der Waals surface area (Å²) in [5.41, 5.74) is 1.53. The van der Waals surface area contributed by atoms with E-state index in [1.807, 2.05) is 0 Å². The van der Waals surface area contributed by atoms with Gasteiger partial charge in [-0.2, -0.15) is 0 Å². The van der Waals surface area contributed by atoms with Crippen molar-refractivity contribution in [3.05, 3.63) is 105 Å². The first-order valence-corrected chi connectivity index (χ1v) is 11.5. The molecule has 4 amide bonds. The van der Waals surface area contributed by atoms with E-state index in [4.69, 9.17) is 16.0 Å². The molecule has 172 valence electrons. The molecule has 4 aromatic rings. The number of hydrogen-bond donors (Lipinski definition) is 1. The predicted molar refractivity (Wildman–Crippen MR) is 134 cm³/mol. The van der Waals surface area contributed by atoms with Crippen molar-refractivity contribution >= 4 is 73.9 Å². The Kier molecular flexibility index (Phi) is 5.84. The van der Waals surface area contributed by atoms with Crippen LogP contribution in [0.5, 0.6) is 0 Å². The van der Waals surface area contributed by atoms with Gasteiger partial charge in [-0.05, 0) is 78.4 Å². The van der Waals surface area contributed by atoms with E-state index in [1.165, 1.54) is 30.3 Å². The van der Waals surface area contributed by atoms with E-state index in [2.05, 4.69) is 21.2 Å². The lowest BCUT2D eigenvalue weighted by Crippen LogP contribution is -2.54. The Morgan fingerprint density at radius 2 is 1.66 bits per heavy atom. The van der Waals surface area contributed by atoms with Gasteiger partial charge in [-0.3, -0.25) is 19.7 Å². The smallest absolute Gasteiger partial charge is 0.335 e. The second-order valence-electron chi connectivity index (χ2n) is 7.68. The lowest BCUT2D eigenvalue weighted by Gasteiger charge is -2.26. The van der Waals surface area contributed by atoms with Gasteiger partial charge in [0.05, 0.1) is 5.69 Å². The molecule has 0 aliphatic carbocycles. The molecule has 0 radical (unpaired) electrons. The third kappa shape index (κ3) is 4.41. The van der Waals surface area contributed by atoms with Crippen molar-refractivity contribution < 1.29 is 23.6 Å². The lowest BCUT2D eigenvalue weighted by atomic mass is 10.0. The number of ketones is 1. The van der Waals surface area contributed by atoms with E-state index in [0.29, 0.717) is 27.1 Å². The van der Waals surface area contributed by atoms with Crippen LogP contribution in [0.15, 0.2) is 87.3 Å². The summed E-state index contributed by atoms with van der Waals surface area (Å²) in [6, 6.07) is 18.8. The van der Waals surface area contributed by atoms with E-state index >= 15 is 0 Å². The van der Waals surface area contributed by atoms with Crippen molar-refractivity contribution in [2.45, 2.75) is 0 Å². The van der Waals surface area contributed by atoms with Crippen LogP contribution in [-0.2, 0) is 9.59 Å². The van der Waals surface area contributed by atoms with Crippen molar-refractivity contribution in [2.24, 2.45) is 0 Å². The highest BCUT2D eigenvalue weighted by Gasteiger charge is 2.36. The molecule has 1 fully saturated rings. The number of barbiturate groups is 1. The van der Waals surface area contributed by atoms with E-state index < -0.39 is 17.8 Å². The van der Waals surface area contributed by atoms with Gasteiger partial charge in [0.2, 0.25) is 5.78 Å². The number of anilines is 1. The molecule has 2 heterocycles. The van der Waals surface area contributed by atoms with Crippen molar-refractivity contribution in [1.82, 2.24) is 5.32 Å². The van der Waals surface area contributed by atoms with Gasteiger partial charge < -0.3 is 4.42 Å². The number of urea groups is 1. The minimum absolute atomic E-state index is 0.165. The summed E-state index contributed by atoms with van der Waals surface area (Å²) < 4.78 is 6.56. The average molecular weight is 550 g/mol. The fourth-order valence-corrected chi connectivity index (χ4v) is 4.05. The van der Waals surface area contributed by atoms with Crippen LogP contribution in [-0.4, -0.2) is 23.6 Å². The molecule has 1 N–H and O–H groups in total. The van der Waals surface area contributed by atoms with Crippen LogP contribution in [0, 0.1) is 0 Å². The first-order valence-electron chi connectivity index (χ1n) is 10.3. The monoisotopic (exact) mass is 548 g/mol. The van der Waals surface area contributed by atoms with Gasteiger partial charge in [0.15, 0.2) is 5.76 Å². The minimum atomic E-state index is -0.846. The third-order valence-electron chi connectivity index (χ3n) is 5.37. The molecule has 7 nitrogen and oxygen atoms in total. The maximum Gasteiger partial charge on any atom is 0.335 e. The van der Waals surface area contributed by atoms with Crippen LogP contribution in [0.2, 0.25) is 5.02 Å². The van der Waals surface area contributed by atoms with E-state index in [9.17, 15) is 19.2 Å². The second kappa shape index (κ2) is 8.98. The molecule has 0 spiro atoms. The number of amides is 4. The van der Waals surface area contributed by atoms with Crippen LogP contribution < -0.4 is 10.2 Å². The summed E-state index contributed by atoms with van der Waals surface area (Å²) in [6.45, 7) is 0. The molecule has 35 heavy (non-hydrogen) atoms. The number of nitrogens with one attached hydrogen (secondary N) is 1. The Bertz CT molecular complexity index is 1560. The third-order valence-corrected chi connectivity index (χ3v) is 6.15. The molecule has 1 aliphatic rings. The van der Waals surface area contributed by atoms with Crippen LogP contribution >= 0.6 is 27.5 Å². The second-order valence-corrected chi connectivity index (χ2v) is 9.03. The molecular formula is C26H14BrClN2O5. The molecule has 0 bridgehead atoms. The molecule has 5 rings (SSSR count). The number of furan rings is 1. The fourth-order valence-electron chi connectivity index (χ4n) is 3.66. The topological polar surface area (TPSA) is 96.7 Å². The zero-order chi connectivity index (χ0) is 24.7. The highest BCUT2D eigenvalue weighted by atomic mass is 79.9. The number of carbonyl (C=O) groups excluding carboxylic acids is 4. The van der Waals surface area contributed by atoms with Crippen LogP contribution in [0.1, 0.15) is 21.7 Å². The van der Waals surface area contributed by atoms with Gasteiger partial charge in [0, 0.05) is 20.4 Å². The Morgan fingerprint density at radius 3 is 2.37 bits per heavy atom. The highest BCUT2D eigenvalue weighted by Crippen LogP contribution is 2.27. The average Bonchev–Trinajstić information content (AvgIpc) is 3.26. The molecular weight excluding hydrogens is 536 g/mol. The summed E-state index contributed by atoms with van der Waals surface area (Å²) in [5, 5.41) is 3.24. The number of rotatable bonds is 4. The van der Waals surface area contributed by atoms with Crippen molar-refractivity contribution in [3.63, 3.8) is 0 Å². The van der Waals surface area contributed by atoms with Crippen molar-refractivity contribution in [2.75, 3.05) is 4.90 Å². The first kappa shape index (κ1) is 22.8. The largest absolute Gasteiger partial charge is 0.453 e. The Morgan fingerprint density at radius 1 is 0.943 bits per heavy atom. The summed E-state index contributed by atoms with van der Waals surface area (Å²) in [4.78, 5) is 51.5. The van der Waals surface area contributed by atoms with E-state index in [0.717, 1.165) is 9.37 Å². The van der Waals surface area contributed by atoms with Gasteiger partial charge in [-0.1, -0.05) is 33.6 Å². The number of imide groups is 2. The van der Waals surface area contributed by atoms with Crippen LogP contribution in [0.4, 0.5) is 10.5 Å². The summed E-state index contributed by atoms with van der Waals surface area (Å²) in [5.74, 6) is -1.67. The SMILES string of the molecule is O=C1NC(=O)N(c2ccc(Cl)cc2)C(=O)/C1=C/c1ccc2oc(C(=O)c3ccc(Br)cc3)cc2c1. The Balaban J connectivity index is 1.47. The normalized spacial score (nSPS) is 15.1. The molecule has 3 aromatic carbocycles. The van der Waals surface area contributed by atoms with Gasteiger partial charge in [0.1, 0.15) is 11.2 Å². The summed E-state index contributed by atoms with van der Waals surface area (Å²) in [6.07, 6.45) is 1.38. The van der Waals surface area contributed by atoms with Gasteiger partial charge in [-0.15, -0.1) is 0 Å². The molecule has 0 atom stereocenters. The maximum atomic E-state index is 13.1. The van der Waals surface area contributed by atoms with Crippen molar-refractivity contribution in [3.8, 4) is 0 Å². The van der Waals surface area contributed by atoms with E-state index in [1.54, 1.807) is 48.5 Å². The first-order chi connectivity index (χ1) is 16.8. The van der Waals surface area contributed by atoms with E-state index in [-0.39, 0.29) is 22.8 Å². The van der Waals surface area contributed by atoms with Crippen LogP contribution in [0.3, 0.4) is 0 Å². The number of benzene rings is 3. The number of halogens is 2. The fraction of sp³-hybridized carbons (Fsp3) is 0. The van der Waals surface area contributed by atoms with Gasteiger partial charge in [-0.25, -0.2) is 9.69 Å². The number of hydrogen-bond acceptors (Lipinski definition) is 5. The highest BCUT2D eigenvalue weighted by molar-refractivity contribution is 9.10. The Hall–Kier alpha value is -4.01. The maximum absolute atomic E-state index is 13.1. The van der Waals surface area contributed by atoms with Gasteiger partial charge in [0.25, 0.3) is 11.8 Å². The molecule has 1 aliphatic heterocycles. The Labute approximate surface area is 212 Å². The number of nitrogens with zero attached hydrogens (tertiary/aromatic N) is 1. The zero-order valence-corrected chi connectivity index (χ0v) is 20.1. The molecule has 1 aromatic heterocycles. The summed E-state index contributed by atoms with van der Waals surface area (Å²) >= 11 is 9.23. The molecule has 1 saturated heterocycles. The molecule has 0 unspecified atom stereocenters. The lowest BCUT2D eigenvalue weighted by molar-refractivity contribution is -0.122. The standard InChI is InChI=1S/C26H14BrClN2O5/c27-17-4-2-15(3-5-17)23(31)22-13-16-11-14(1-10-21(16)35-22)12-20-24(32)29-26(34)30(25(20)33)19-8-6-18(28)7-9-19/h1-13H,(H,29,32,34)/b20-12+. The zero-order valence-electron chi connectivity index (χ0n) is 17.7. The van der Waals surface area contributed by atoms with Crippen LogP contribution in [0.25, 0.3) is 17.0 Å². The number of carbonyl (C=O) groups is 4. The predicted octanol–water partition coefficient (Wildman–Crippen LogP) is 5.75. The van der Waals surface area contributed by atoms with Gasteiger partial charge >= 0.3 is 6.03 Å². The summed E-state index contributed by atoms with van der Waals surface area (Å²) in [7, 11) is 0. The van der Waals surface area contributed by atoms with Crippen molar-refractivity contribution in [1.29, 1.82) is 0 Å². The minimum Gasteiger partial charge on any atom is -0.453 e. The number of fused-ring (bicyclic) bond motifs is 1. The molecule has 0 saturated carbocycles. The molecule has 9 heteroatoms.